The predicted molar refractivity (Wildman–Crippen MR) is 121 cm³/mol. The van der Waals surface area contributed by atoms with Crippen LogP contribution in [0.25, 0.3) is 17.3 Å². The number of alkyl halides is 2. The molecule has 0 unspecified atom stereocenters. The van der Waals surface area contributed by atoms with Gasteiger partial charge in [-0.25, -0.2) is 13.5 Å². The lowest BCUT2D eigenvalue weighted by molar-refractivity contribution is 0.0962. The molecule has 2 aromatic heterocycles. The van der Waals surface area contributed by atoms with Gasteiger partial charge in [-0.3, -0.25) is 4.79 Å². The number of aromatic nitrogens is 4. The number of halogens is 2. The van der Waals surface area contributed by atoms with Crippen LogP contribution in [0.3, 0.4) is 0 Å². The third-order valence-corrected chi connectivity index (χ3v) is 6.37. The van der Waals surface area contributed by atoms with Gasteiger partial charge in [-0.1, -0.05) is 29.4 Å². The minimum atomic E-state index is -2.77. The molecule has 1 saturated carbocycles. The highest BCUT2D eigenvalue weighted by Gasteiger charge is 2.50. The van der Waals surface area contributed by atoms with Crippen LogP contribution in [0.4, 0.5) is 8.78 Å². The lowest BCUT2D eigenvalue weighted by Gasteiger charge is -2.13. The smallest absolute Gasteiger partial charge is 0.280 e. The molecular weight excluding hydrogens is 440 g/mol. The summed E-state index contributed by atoms with van der Waals surface area (Å²) in [7, 11) is 1.54. The van der Waals surface area contributed by atoms with Gasteiger partial charge in [0, 0.05) is 12.6 Å². The topological polar surface area (TPSA) is 85.8 Å². The summed E-state index contributed by atoms with van der Waals surface area (Å²) >= 11 is 0. The van der Waals surface area contributed by atoms with E-state index >= 15 is 0 Å². The van der Waals surface area contributed by atoms with Crippen LogP contribution in [0, 0.1) is 13.8 Å². The maximum atomic E-state index is 13.9. The molecule has 1 amide bonds. The van der Waals surface area contributed by atoms with Crippen molar-refractivity contribution in [2.24, 2.45) is 0 Å². The largest absolute Gasteiger partial charge is 0.355 e. The van der Waals surface area contributed by atoms with E-state index < -0.39 is 6.43 Å². The summed E-state index contributed by atoms with van der Waals surface area (Å²) in [5, 5.41) is 11.1. The van der Waals surface area contributed by atoms with Gasteiger partial charge in [-0.2, -0.15) is 10.1 Å². The standard InChI is InChI=1S/C25H23F2N5O2/c1-14-6-4-5-7-18(14)25(10-11-25)24-29-23(34-31-24)19-13-20(21(26)27)32(30-19)16-8-9-17(15(2)12-16)22(33)28-3/h4-9,12-13,21H,10-11H2,1-3H3,(H,28,33). The average Bonchev–Trinajstić information content (AvgIpc) is 3.26. The van der Waals surface area contributed by atoms with Gasteiger partial charge < -0.3 is 9.84 Å². The van der Waals surface area contributed by atoms with Crippen molar-refractivity contribution >= 4 is 5.91 Å². The quantitative estimate of drug-likeness (QED) is 0.439. The lowest BCUT2D eigenvalue weighted by Crippen LogP contribution is -2.19. The number of aryl methyl sites for hydroxylation is 2. The van der Waals surface area contributed by atoms with Gasteiger partial charge in [0.25, 0.3) is 18.2 Å². The minimum Gasteiger partial charge on any atom is -0.355 e. The highest BCUT2D eigenvalue weighted by atomic mass is 19.3. The minimum absolute atomic E-state index is 0.0919. The molecule has 0 spiro atoms. The van der Waals surface area contributed by atoms with Crippen molar-refractivity contribution in [3.8, 4) is 17.3 Å². The monoisotopic (exact) mass is 463 g/mol. The zero-order valence-electron chi connectivity index (χ0n) is 19.0. The highest BCUT2D eigenvalue weighted by molar-refractivity contribution is 5.95. The fraction of sp³-hybridized carbons (Fsp3) is 0.280. The summed E-state index contributed by atoms with van der Waals surface area (Å²) in [6.07, 6.45) is -0.987. The molecule has 9 heteroatoms. The van der Waals surface area contributed by atoms with E-state index in [0.717, 1.165) is 28.7 Å². The highest BCUT2D eigenvalue weighted by Crippen LogP contribution is 2.53. The molecule has 0 aliphatic heterocycles. The van der Waals surface area contributed by atoms with Crippen LogP contribution in [0.15, 0.2) is 53.1 Å². The van der Waals surface area contributed by atoms with Crippen LogP contribution in [0.2, 0.25) is 0 Å². The Hall–Kier alpha value is -3.88. The van der Waals surface area contributed by atoms with Crippen molar-refractivity contribution in [3.05, 3.63) is 82.3 Å². The number of hydrogen-bond acceptors (Lipinski definition) is 5. The third-order valence-electron chi connectivity index (χ3n) is 6.37. The van der Waals surface area contributed by atoms with Crippen LogP contribution in [0.5, 0.6) is 0 Å². The van der Waals surface area contributed by atoms with Gasteiger partial charge in [-0.05, 0) is 67.6 Å². The van der Waals surface area contributed by atoms with Crippen molar-refractivity contribution in [1.82, 2.24) is 25.2 Å². The number of nitrogens with zero attached hydrogens (tertiary/aromatic N) is 4. The van der Waals surface area contributed by atoms with Crippen molar-refractivity contribution in [3.63, 3.8) is 0 Å². The molecule has 0 saturated heterocycles. The Morgan fingerprint density at radius 3 is 2.53 bits per heavy atom. The first-order valence-electron chi connectivity index (χ1n) is 11.0. The Balaban J connectivity index is 1.52. The molecule has 1 fully saturated rings. The van der Waals surface area contributed by atoms with E-state index in [9.17, 15) is 13.6 Å². The summed E-state index contributed by atoms with van der Waals surface area (Å²) < 4.78 is 34.4. The summed E-state index contributed by atoms with van der Waals surface area (Å²) in [6, 6.07) is 14.1. The Morgan fingerprint density at radius 1 is 1.12 bits per heavy atom. The molecule has 4 aromatic rings. The second kappa shape index (κ2) is 8.16. The Labute approximate surface area is 194 Å². The van der Waals surface area contributed by atoms with Gasteiger partial charge in [0.1, 0.15) is 5.69 Å². The molecule has 1 N–H and O–H groups in total. The van der Waals surface area contributed by atoms with E-state index in [1.54, 1.807) is 25.1 Å². The van der Waals surface area contributed by atoms with E-state index in [1.807, 2.05) is 25.1 Å². The molecule has 2 heterocycles. The van der Waals surface area contributed by atoms with Gasteiger partial charge in [0.15, 0.2) is 11.5 Å². The predicted octanol–water partition coefficient (Wildman–Crippen LogP) is 4.92. The molecule has 0 atom stereocenters. The van der Waals surface area contributed by atoms with E-state index in [2.05, 4.69) is 26.6 Å². The van der Waals surface area contributed by atoms with Gasteiger partial charge in [0.2, 0.25) is 0 Å². The van der Waals surface area contributed by atoms with Crippen LogP contribution >= 0.6 is 0 Å². The SMILES string of the molecule is CNC(=O)c1ccc(-n2nc(-c3nc(C4(c5ccccc5C)CC4)no3)cc2C(F)F)cc1C. The van der Waals surface area contributed by atoms with E-state index in [1.165, 1.54) is 13.1 Å². The van der Waals surface area contributed by atoms with Crippen molar-refractivity contribution in [2.75, 3.05) is 7.05 Å². The molecular formula is C25H23F2N5O2. The van der Waals surface area contributed by atoms with E-state index in [0.29, 0.717) is 22.6 Å². The molecule has 1 aliphatic carbocycles. The number of carbonyl (C=O) groups is 1. The number of rotatable bonds is 6. The fourth-order valence-corrected chi connectivity index (χ4v) is 4.40. The Morgan fingerprint density at radius 2 is 1.88 bits per heavy atom. The number of hydrogen-bond donors (Lipinski definition) is 1. The van der Waals surface area contributed by atoms with Crippen molar-refractivity contribution in [1.29, 1.82) is 0 Å². The first kappa shape index (κ1) is 21.9. The Bertz CT molecular complexity index is 1390. The number of benzene rings is 2. The summed E-state index contributed by atoms with van der Waals surface area (Å²) in [5.74, 6) is 0.380. The first-order chi connectivity index (χ1) is 16.3. The van der Waals surface area contributed by atoms with E-state index in [-0.39, 0.29) is 28.6 Å². The van der Waals surface area contributed by atoms with Gasteiger partial charge >= 0.3 is 0 Å². The molecule has 0 bridgehead atoms. The molecule has 0 radical (unpaired) electrons. The fourth-order valence-electron chi connectivity index (χ4n) is 4.40. The Kier molecular flexibility index (Phi) is 5.27. The molecule has 174 valence electrons. The molecule has 34 heavy (non-hydrogen) atoms. The zero-order chi connectivity index (χ0) is 24.0. The van der Waals surface area contributed by atoms with E-state index in [4.69, 9.17) is 4.52 Å². The van der Waals surface area contributed by atoms with Crippen molar-refractivity contribution < 1.29 is 18.1 Å². The van der Waals surface area contributed by atoms with Crippen molar-refractivity contribution in [2.45, 2.75) is 38.5 Å². The third kappa shape index (κ3) is 3.57. The lowest BCUT2D eigenvalue weighted by atomic mass is 9.91. The molecule has 7 nitrogen and oxygen atoms in total. The molecule has 2 aromatic carbocycles. The van der Waals surface area contributed by atoms with Gasteiger partial charge in [0.05, 0.1) is 11.1 Å². The second-order valence-electron chi connectivity index (χ2n) is 8.57. The molecule has 1 aliphatic rings. The average molecular weight is 463 g/mol. The van der Waals surface area contributed by atoms with Crippen LogP contribution in [0.1, 0.15) is 57.8 Å². The van der Waals surface area contributed by atoms with Crippen LogP contribution in [-0.2, 0) is 5.41 Å². The zero-order valence-corrected chi connectivity index (χ0v) is 19.0. The molecule has 5 rings (SSSR count). The van der Waals surface area contributed by atoms with Crippen LogP contribution in [-0.4, -0.2) is 32.9 Å². The maximum Gasteiger partial charge on any atom is 0.280 e. The second-order valence-corrected chi connectivity index (χ2v) is 8.57. The summed E-state index contributed by atoms with van der Waals surface area (Å²) in [6.45, 7) is 3.79. The van der Waals surface area contributed by atoms with Gasteiger partial charge in [-0.15, -0.1) is 0 Å². The summed E-state index contributed by atoms with van der Waals surface area (Å²) in [4.78, 5) is 16.5. The number of carbonyl (C=O) groups excluding carboxylic acids is 1. The summed E-state index contributed by atoms with van der Waals surface area (Å²) in [5.41, 5.74) is 3.36. The maximum absolute atomic E-state index is 13.9. The normalized spacial score (nSPS) is 14.4. The van der Waals surface area contributed by atoms with Crippen LogP contribution < -0.4 is 5.32 Å². The first-order valence-corrected chi connectivity index (χ1v) is 11.0. The number of amides is 1. The number of nitrogens with one attached hydrogen (secondary N) is 1.